The lowest BCUT2D eigenvalue weighted by Gasteiger charge is -2.17. The van der Waals surface area contributed by atoms with Crippen molar-refractivity contribution in [3.63, 3.8) is 0 Å². The monoisotopic (exact) mass is 438 g/mol. The first-order valence-corrected chi connectivity index (χ1v) is 10.1. The number of imide groups is 1. The molecule has 31 heavy (non-hydrogen) atoms. The molecule has 0 spiro atoms. The highest BCUT2D eigenvalue weighted by molar-refractivity contribution is 6.30. The predicted molar refractivity (Wildman–Crippen MR) is 112 cm³/mol. The fraction of sp³-hybridized carbons (Fsp3) is 0.227. The number of benzene rings is 2. The Kier molecular flexibility index (Phi) is 5.81. The number of amides is 3. The van der Waals surface area contributed by atoms with E-state index in [0.29, 0.717) is 34.3 Å². The molecule has 0 saturated heterocycles. The Labute approximate surface area is 183 Å². The second-order valence-corrected chi connectivity index (χ2v) is 7.62. The summed E-state index contributed by atoms with van der Waals surface area (Å²) in [5, 5.41) is 4.54. The second-order valence-electron chi connectivity index (χ2n) is 7.18. The van der Waals surface area contributed by atoms with E-state index in [0.717, 1.165) is 5.56 Å². The van der Waals surface area contributed by atoms with E-state index in [1.165, 1.54) is 9.80 Å². The van der Waals surface area contributed by atoms with Crippen LogP contribution in [0.2, 0.25) is 5.02 Å². The fourth-order valence-electron chi connectivity index (χ4n) is 3.35. The van der Waals surface area contributed by atoms with Crippen LogP contribution in [0, 0.1) is 0 Å². The molecular formula is C22H19ClN4O4. The van der Waals surface area contributed by atoms with Crippen molar-refractivity contribution < 1.29 is 18.9 Å². The van der Waals surface area contributed by atoms with Crippen LogP contribution in [-0.4, -0.2) is 51.3 Å². The number of rotatable bonds is 7. The van der Waals surface area contributed by atoms with Gasteiger partial charge in [-0.05, 0) is 42.8 Å². The first-order chi connectivity index (χ1) is 14.9. The van der Waals surface area contributed by atoms with Gasteiger partial charge in [0.1, 0.15) is 0 Å². The molecule has 1 aliphatic heterocycles. The summed E-state index contributed by atoms with van der Waals surface area (Å²) in [6.45, 7) is 0.347. The zero-order chi connectivity index (χ0) is 22.0. The summed E-state index contributed by atoms with van der Waals surface area (Å²) in [6.07, 6.45) is 0.552. The predicted octanol–water partition coefficient (Wildman–Crippen LogP) is 3.42. The van der Waals surface area contributed by atoms with Gasteiger partial charge in [-0.25, -0.2) is 0 Å². The highest BCUT2D eigenvalue weighted by Crippen LogP contribution is 2.23. The van der Waals surface area contributed by atoms with Gasteiger partial charge in [-0.3, -0.25) is 19.3 Å². The van der Waals surface area contributed by atoms with Crippen molar-refractivity contribution in [1.29, 1.82) is 0 Å². The van der Waals surface area contributed by atoms with Gasteiger partial charge in [-0.15, -0.1) is 0 Å². The van der Waals surface area contributed by atoms with Crippen molar-refractivity contribution in [1.82, 2.24) is 19.9 Å². The Morgan fingerprint density at radius 2 is 1.71 bits per heavy atom. The molecule has 2 heterocycles. The van der Waals surface area contributed by atoms with E-state index in [9.17, 15) is 14.4 Å². The topological polar surface area (TPSA) is 96.6 Å². The van der Waals surface area contributed by atoms with Crippen LogP contribution in [-0.2, 0) is 11.3 Å². The molecule has 2 aromatic carbocycles. The minimum Gasteiger partial charge on any atom is -0.337 e. The van der Waals surface area contributed by atoms with Gasteiger partial charge in [0.25, 0.3) is 11.8 Å². The quantitative estimate of drug-likeness (QED) is 0.524. The molecule has 0 atom stereocenters. The Hall–Kier alpha value is -3.52. The average molecular weight is 439 g/mol. The van der Waals surface area contributed by atoms with Gasteiger partial charge in [0.05, 0.1) is 17.7 Å². The fourth-order valence-corrected chi connectivity index (χ4v) is 3.47. The lowest BCUT2D eigenvalue weighted by Crippen LogP contribution is -2.32. The highest BCUT2D eigenvalue weighted by Gasteiger charge is 2.34. The maximum absolute atomic E-state index is 12.4. The van der Waals surface area contributed by atoms with Gasteiger partial charge in [0, 0.05) is 30.6 Å². The van der Waals surface area contributed by atoms with E-state index >= 15 is 0 Å². The second kappa shape index (κ2) is 8.69. The third kappa shape index (κ3) is 4.34. The van der Waals surface area contributed by atoms with Crippen molar-refractivity contribution in [2.24, 2.45) is 0 Å². The third-order valence-electron chi connectivity index (χ3n) is 5.02. The number of carbonyl (C=O) groups excluding carboxylic acids is 3. The van der Waals surface area contributed by atoms with E-state index < -0.39 is 0 Å². The van der Waals surface area contributed by atoms with Crippen molar-refractivity contribution >= 4 is 29.3 Å². The molecule has 3 aromatic rings. The van der Waals surface area contributed by atoms with E-state index in [-0.39, 0.29) is 37.2 Å². The van der Waals surface area contributed by atoms with E-state index in [2.05, 4.69) is 10.1 Å². The molecule has 1 aromatic heterocycles. The molecule has 0 bridgehead atoms. The first kappa shape index (κ1) is 20.7. The normalized spacial score (nSPS) is 12.9. The highest BCUT2D eigenvalue weighted by atomic mass is 35.5. The molecular weight excluding hydrogens is 420 g/mol. The molecule has 0 saturated carbocycles. The zero-order valence-corrected chi connectivity index (χ0v) is 17.5. The first-order valence-electron chi connectivity index (χ1n) is 9.72. The summed E-state index contributed by atoms with van der Waals surface area (Å²) in [7, 11) is 1.64. The number of nitrogens with zero attached hydrogens (tertiary/aromatic N) is 4. The molecule has 3 amide bonds. The number of carbonyl (C=O) groups is 3. The largest absolute Gasteiger partial charge is 0.337 e. The van der Waals surface area contributed by atoms with Crippen LogP contribution in [0.15, 0.2) is 53.1 Å². The lowest BCUT2D eigenvalue weighted by molar-refractivity contribution is -0.130. The van der Waals surface area contributed by atoms with Crippen LogP contribution in [0.5, 0.6) is 0 Å². The lowest BCUT2D eigenvalue weighted by atomic mass is 10.1. The summed E-state index contributed by atoms with van der Waals surface area (Å²) in [6, 6.07) is 13.8. The van der Waals surface area contributed by atoms with Crippen molar-refractivity contribution in [3.05, 3.63) is 70.6 Å². The zero-order valence-electron chi connectivity index (χ0n) is 16.7. The molecule has 8 nitrogen and oxygen atoms in total. The maximum atomic E-state index is 12.4. The summed E-state index contributed by atoms with van der Waals surface area (Å²) in [5.41, 5.74) is 1.57. The minimum absolute atomic E-state index is 0.150. The van der Waals surface area contributed by atoms with Crippen LogP contribution >= 0.6 is 11.6 Å². The molecule has 0 aliphatic carbocycles. The van der Waals surface area contributed by atoms with Gasteiger partial charge < -0.3 is 9.42 Å². The van der Waals surface area contributed by atoms with Crippen molar-refractivity contribution in [2.75, 3.05) is 13.6 Å². The number of aromatic nitrogens is 2. The Morgan fingerprint density at radius 1 is 1.06 bits per heavy atom. The van der Waals surface area contributed by atoms with Gasteiger partial charge in [-0.1, -0.05) is 28.9 Å². The van der Waals surface area contributed by atoms with E-state index in [1.54, 1.807) is 55.6 Å². The van der Waals surface area contributed by atoms with E-state index in [1.807, 2.05) is 0 Å². The Bertz CT molecular complexity index is 1110. The van der Waals surface area contributed by atoms with Crippen LogP contribution in [0.25, 0.3) is 11.4 Å². The summed E-state index contributed by atoms with van der Waals surface area (Å²) in [5.74, 6) is -0.0638. The minimum atomic E-state index is -0.318. The third-order valence-corrected chi connectivity index (χ3v) is 5.27. The Balaban J connectivity index is 1.28. The smallest absolute Gasteiger partial charge is 0.261 e. The van der Waals surface area contributed by atoms with Crippen molar-refractivity contribution in [2.45, 2.75) is 19.4 Å². The van der Waals surface area contributed by atoms with Gasteiger partial charge in [0.15, 0.2) is 0 Å². The van der Waals surface area contributed by atoms with Gasteiger partial charge >= 0.3 is 0 Å². The summed E-state index contributed by atoms with van der Waals surface area (Å²) in [4.78, 5) is 44.2. The molecule has 158 valence electrons. The standard InChI is InChI=1S/C22H19ClN4O4/c1-26(13-18-24-20(25-31-18)14-8-10-15(23)11-9-14)19(28)7-4-12-27-21(29)16-5-2-3-6-17(16)22(27)30/h2-3,5-6,8-11H,4,7,12-13H2,1H3. The van der Waals surface area contributed by atoms with Crippen LogP contribution in [0.4, 0.5) is 0 Å². The molecule has 0 fully saturated rings. The molecule has 0 N–H and O–H groups in total. The maximum Gasteiger partial charge on any atom is 0.261 e. The van der Waals surface area contributed by atoms with Crippen LogP contribution in [0.1, 0.15) is 39.4 Å². The molecule has 0 unspecified atom stereocenters. The number of hydrogen-bond donors (Lipinski definition) is 0. The molecule has 1 aliphatic rings. The number of hydrogen-bond acceptors (Lipinski definition) is 6. The van der Waals surface area contributed by atoms with E-state index in [4.69, 9.17) is 16.1 Å². The Morgan fingerprint density at radius 3 is 2.35 bits per heavy atom. The number of halogens is 1. The summed E-state index contributed by atoms with van der Waals surface area (Å²) < 4.78 is 5.23. The van der Waals surface area contributed by atoms with Crippen LogP contribution < -0.4 is 0 Å². The van der Waals surface area contributed by atoms with Gasteiger partial charge in [-0.2, -0.15) is 4.98 Å². The number of fused-ring (bicyclic) bond motifs is 1. The molecule has 0 radical (unpaired) electrons. The average Bonchev–Trinajstić information content (AvgIpc) is 3.33. The molecule has 4 rings (SSSR count). The van der Waals surface area contributed by atoms with Gasteiger partial charge in [0.2, 0.25) is 17.6 Å². The molecule has 9 heteroatoms. The van der Waals surface area contributed by atoms with Crippen molar-refractivity contribution in [3.8, 4) is 11.4 Å². The van der Waals surface area contributed by atoms with Crippen LogP contribution in [0.3, 0.4) is 0 Å². The SMILES string of the molecule is CN(Cc1nc(-c2ccc(Cl)cc2)no1)C(=O)CCCN1C(=O)c2ccccc2C1=O. The summed E-state index contributed by atoms with van der Waals surface area (Å²) >= 11 is 5.88.